The maximum absolute atomic E-state index is 12.7. The van der Waals surface area contributed by atoms with Crippen molar-refractivity contribution in [2.24, 2.45) is 11.7 Å². The molecular weight excluding hydrogens is 294 g/mol. The molecule has 2 heterocycles. The molecule has 1 fully saturated rings. The number of fused-ring (bicyclic) bond motifs is 1. The molecule has 1 unspecified atom stereocenters. The van der Waals surface area contributed by atoms with Crippen LogP contribution in [0.15, 0.2) is 18.2 Å². The Labute approximate surface area is 135 Å². The summed E-state index contributed by atoms with van der Waals surface area (Å²) >= 11 is 0. The third-order valence-electron chi connectivity index (χ3n) is 4.62. The van der Waals surface area contributed by atoms with Crippen molar-refractivity contribution in [2.75, 3.05) is 18.0 Å². The molecule has 2 aliphatic rings. The summed E-state index contributed by atoms with van der Waals surface area (Å²) in [6.07, 6.45) is 1.23. The van der Waals surface area contributed by atoms with Crippen molar-refractivity contribution >= 4 is 23.8 Å². The molecule has 0 radical (unpaired) electrons. The quantitative estimate of drug-likeness (QED) is 0.792. The molecule has 122 valence electrons. The van der Waals surface area contributed by atoms with E-state index in [2.05, 4.69) is 11.8 Å². The molecule has 0 spiro atoms. The lowest BCUT2D eigenvalue weighted by molar-refractivity contribution is -0.122. The summed E-state index contributed by atoms with van der Waals surface area (Å²) in [5.74, 6) is -0.0621. The molecule has 6 nitrogen and oxygen atoms in total. The van der Waals surface area contributed by atoms with Crippen LogP contribution in [0.3, 0.4) is 0 Å². The zero-order valence-electron chi connectivity index (χ0n) is 13.2. The number of hydrogen-bond acceptors (Lipinski definition) is 4. The standard InChI is InChI=1S/C17H21N3O3/c1-11-8-19(9-11)13-5-4-12-10-20(17(23)14(12)7-13)15(16(18)22)3-2-6-21/h4-7,11,15H,2-3,8-10H2,1H3,(H2,18,22). The normalized spacial score (nSPS) is 18.6. The summed E-state index contributed by atoms with van der Waals surface area (Å²) in [5.41, 5.74) is 8.01. The molecule has 2 aliphatic heterocycles. The Morgan fingerprint density at radius 3 is 2.78 bits per heavy atom. The van der Waals surface area contributed by atoms with Gasteiger partial charge in [0, 0.05) is 37.3 Å². The summed E-state index contributed by atoms with van der Waals surface area (Å²) in [4.78, 5) is 38.6. The first-order chi connectivity index (χ1) is 11.0. The molecule has 3 rings (SSSR count). The third kappa shape index (κ3) is 2.81. The molecule has 0 aromatic heterocycles. The number of nitrogens with zero attached hydrogens (tertiary/aromatic N) is 2. The van der Waals surface area contributed by atoms with E-state index < -0.39 is 11.9 Å². The maximum Gasteiger partial charge on any atom is 0.255 e. The molecule has 0 saturated carbocycles. The third-order valence-corrected chi connectivity index (χ3v) is 4.62. The van der Waals surface area contributed by atoms with E-state index in [-0.39, 0.29) is 18.7 Å². The average Bonchev–Trinajstić information content (AvgIpc) is 2.81. The van der Waals surface area contributed by atoms with E-state index >= 15 is 0 Å². The fourth-order valence-corrected chi connectivity index (χ4v) is 3.35. The van der Waals surface area contributed by atoms with Gasteiger partial charge in [-0.15, -0.1) is 0 Å². The van der Waals surface area contributed by atoms with Crippen LogP contribution in [-0.4, -0.2) is 42.1 Å². The average molecular weight is 315 g/mol. The highest BCUT2D eigenvalue weighted by atomic mass is 16.2. The van der Waals surface area contributed by atoms with E-state index in [0.717, 1.165) is 30.6 Å². The minimum absolute atomic E-state index is 0.176. The van der Waals surface area contributed by atoms with Crippen LogP contribution >= 0.6 is 0 Å². The van der Waals surface area contributed by atoms with Crippen molar-refractivity contribution in [1.29, 1.82) is 0 Å². The van der Waals surface area contributed by atoms with Gasteiger partial charge < -0.3 is 20.3 Å². The van der Waals surface area contributed by atoms with Crippen LogP contribution in [0.2, 0.25) is 0 Å². The second-order valence-electron chi connectivity index (χ2n) is 6.45. The first-order valence-corrected chi connectivity index (χ1v) is 7.93. The van der Waals surface area contributed by atoms with Crippen LogP contribution in [0.4, 0.5) is 5.69 Å². The van der Waals surface area contributed by atoms with Gasteiger partial charge in [0.05, 0.1) is 0 Å². The lowest BCUT2D eigenvalue weighted by atomic mass is 10.0. The second kappa shape index (κ2) is 6.02. The van der Waals surface area contributed by atoms with Gasteiger partial charge in [-0.3, -0.25) is 9.59 Å². The van der Waals surface area contributed by atoms with Crippen molar-refractivity contribution in [2.45, 2.75) is 32.4 Å². The molecule has 1 aromatic carbocycles. The van der Waals surface area contributed by atoms with Crippen LogP contribution in [0.25, 0.3) is 0 Å². The number of carbonyl (C=O) groups is 3. The Kier molecular flexibility index (Phi) is 4.07. The lowest BCUT2D eigenvalue weighted by Crippen LogP contribution is -2.45. The number of carbonyl (C=O) groups excluding carboxylic acids is 3. The molecule has 1 saturated heterocycles. The van der Waals surface area contributed by atoms with Gasteiger partial charge in [0.25, 0.3) is 5.91 Å². The zero-order valence-corrected chi connectivity index (χ0v) is 13.2. The maximum atomic E-state index is 12.7. The Morgan fingerprint density at radius 2 is 2.17 bits per heavy atom. The summed E-state index contributed by atoms with van der Waals surface area (Å²) in [7, 11) is 0. The second-order valence-corrected chi connectivity index (χ2v) is 6.45. The molecule has 2 amide bonds. The van der Waals surface area contributed by atoms with Crippen molar-refractivity contribution in [3.05, 3.63) is 29.3 Å². The van der Waals surface area contributed by atoms with Crippen LogP contribution in [0.1, 0.15) is 35.7 Å². The lowest BCUT2D eigenvalue weighted by Gasteiger charge is -2.39. The van der Waals surface area contributed by atoms with Gasteiger partial charge in [0.15, 0.2) is 0 Å². The number of rotatable bonds is 6. The van der Waals surface area contributed by atoms with E-state index in [4.69, 9.17) is 5.73 Å². The summed E-state index contributed by atoms with van der Waals surface area (Å²) < 4.78 is 0. The first kappa shape index (κ1) is 15.5. The van der Waals surface area contributed by atoms with Gasteiger partial charge in [0.2, 0.25) is 5.91 Å². The molecule has 0 bridgehead atoms. The number of benzene rings is 1. The van der Waals surface area contributed by atoms with Gasteiger partial charge in [-0.25, -0.2) is 0 Å². The van der Waals surface area contributed by atoms with Crippen LogP contribution in [0, 0.1) is 5.92 Å². The Bertz CT molecular complexity index is 652. The summed E-state index contributed by atoms with van der Waals surface area (Å²) in [6, 6.07) is 5.14. The first-order valence-electron chi connectivity index (χ1n) is 7.93. The van der Waals surface area contributed by atoms with Gasteiger partial charge in [-0.05, 0) is 30.0 Å². The van der Waals surface area contributed by atoms with Gasteiger partial charge in [0.1, 0.15) is 12.3 Å². The molecule has 0 aliphatic carbocycles. The van der Waals surface area contributed by atoms with Crippen molar-refractivity contribution in [1.82, 2.24) is 4.90 Å². The molecule has 1 atom stereocenters. The van der Waals surface area contributed by atoms with Crippen molar-refractivity contribution in [3.63, 3.8) is 0 Å². The monoisotopic (exact) mass is 315 g/mol. The number of aldehydes is 1. The number of anilines is 1. The van der Waals surface area contributed by atoms with E-state index in [1.165, 1.54) is 4.90 Å². The van der Waals surface area contributed by atoms with E-state index in [9.17, 15) is 14.4 Å². The van der Waals surface area contributed by atoms with Gasteiger partial charge >= 0.3 is 0 Å². The Morgan fingerprint density at radius 1 is 1.43 bits per heavy atom. The molecular formula is C17H21N3O3. The minimum atomic E-state index is -0.729. The number of nitrogens with two attached hydrogens (primary N) is 1. The van der Waals surface area contributed by atoms with E-state index in [1.807, 2.05) is 18.2 Å². The molecule has 2 N–H and O–H groups in total. The molecule has 1 aromatic rings. The number of primary amides is 1. The summed E-state index contributed by atoms with van der Waals surface area (Å²) in [5, 5.41) is 0. The fourth-order valence-electron chi connectivity index (χ4n) is 3.35. The Hall–Kier alpha value is -2.37. The van der Waals surface area contributed by atoms with Gasteiger partial charge in [-0.2, -0.15) is 0 Å². The van der Waals surface area contributed by atoms with Crippen LogP contribution in [0.5, 0.6) is 0 Å². The fraction of sp³-hybridized carbons (Fsp3) is 0.471. The number of amides is 2. The van der Waals surface area contributed by atoms with Gasteiger partial charge in [-0.1, -0.05) is 13.0 Å². The minimum Gasteiger partial charge on any atom is -0.371 e. The highest BCUT2D eigenvalue weighted by Gasteiger charge is 2.36. The highest BCUT2D eigenvalue weighted by molar-refractivity contribution is 6.01. The summed E-state index contributed by atoms with van der Waals surface area (Å²) in [6.45, 7) is 4.57. The predicted molar refractivity (Wildman–Crippen MR) is 86.0 cm³/mol. The zero-order chi connectivity index (χ0) is 16.6. The van der Waals surface area contributed by atoms with Crippen LogP contribution < -0.4 is 10.6 Å². The molecule has 6 heteroatoms. The smallest absolute Gasteiger partial charge is 0.255 e. The van der Waals surface area contributed by atoms with Crippen LogP contribution in [-0.2, 0) is 16.1 Å². The van der Waals surface area contributed by atoms with E-state index in [1.54, 1.807) is 0 Å². The molecule has 23 heavy (non-hydrogen) atoms. The Balaban J connectivity index is 1.80. The largest absolute Gasteiger partial charge is 0.371 e. The predicted octanol–water partition coefficient (Wildman–Crippen LogP) is 0.931. The SMILES string of the molecule is CC1CN(c2ccc3c(c2)C(=O)N(C(CCC=O)C(N)=O)C3)C1. The van der Waals surface area contributed by atoms with E-state index in [0.29, 0.717) is 18.0 Å². The van der Waals surface area contributed by atoms with Crippen molar-refractivity contribution in [3.8, 4) is 0 Å². The topological polar surface area (TPSA) is 83.7 Å². The van der Waals surface area contributed by atoms with Crippen molar-refractivity contribution < 1.29 is 14.4 Å². The number of hydrogen-bond donors (Lipinski definition) is 1. The highest BCUT2D eigenvalue weighted by Crippen LogP contribution is 2.32.